The summed E-state index contributed by atoms with van der Waals surface area (Å²) >= 11 is 0. The minimum atomic E-state index is 0.653. The quantitative estimate of drug-likeness (QED) is 0.266. The molecule has 0 radical (unpaired) electrons. The van der Waals surface area contributed by atoms with Gasteiger partial charge in [-0.2, -0.15) is 5.26 Å². The van der Waals surface area contributed by atoms with Crippen LogP contribution in [0.2, 0.25) is 0 Å². The van der Waals surface area contributed by atoms with Gasteiger partial charge in [-0.3, -0.25) is 0 Å². The van der Waals surface area contributed by atoms with Gasteiger partial charge in [0.1, 0.15) is 17.2 Å². The summed E-state index contributed by atoms with van der Waals surface area (Å²) in [5.41, 5.74) is 8.74. The van der Waals surface area contributed by atoms with Crippen LogP contribution in [0.1, 0.15) is 11.1 Å². The Morgan fingerprint density at radius 2 is 1.49 bits per heavy atom. The lowest BCUT2D eigenvalue weighted by Crippen LogP contribution is -1.98. The molecule has 0 amide bonds. The number of benzene rings is 5. The Kier molecular flexibility index (Phi) is 4.12. The van der Waals surface area contributed by atoms with Crippen molar-refractivity contribution in [1.29, 1.82) is 5.26 Å². The molecule has 3 nitrogen and oxygen atoms in total. The molecule has 0 bridgehead atoms. The van der Waals surface area contributed by atoms with E-state index in [9.17, 15) is 5.26 Å². The van der Waals surface area contributed by atoms with Crippen LogP contribution < -0.4 is 0 Å². The number of hydrogen-bond acceptors (Lipinski definition) is 2. The van der Waals surface area contributed by atoms with Crippen LogP contribution in [0, 0.1) is 18.3 Å². The van der Waals surface area contributed by atoms with Gasteiger partial charge in [-0.05, 0) is 66.1 Å². The highest BCUT2D eigenvalue weighted by Gasteiger charge is 2.20. The summed E-state index contributed by atoms with van der Waals surface area (Å²) < 4.78 is 8.66. The molecule has 7 aromatic rings. The predicted octanol–water partition coefficient (Wildman–Crippen LogP) is 8.53. The second kappa shape index (κ2) is 7.35. The average Bonchev–Trinajstić information content (AvgIpc) is 3.44. The third kappa shape index (κ3) is 2.84. The van der Waals surface area contributed by atoms with Gasteiger partial charge < -0.3 is 8.98 Å². The fraction of sp³-hybridized carbons (Fsp3) is 0.0312. The number of para-hydroxylation sites is 1. The molecule has 3 heteroatoms. The molecule has 0 saturated heterocycles. The van der Waals surface area contributed by atoms with Crippen LogP contribution in [0.5, 0.6) is 0 Å². The van der Waals surface area contributed by atoms with E-state index in [1.807, 2.05) is 43.3 Å². The van der Waals surface area contributed by atoms with E-state index in [1.165, 1.54) is 5.56 Å². The molecule has 2 heterocycles. The van der Waals surface area contributed by atoms with Gasteiger partial charge >= 0.3 is 0 Å². The minimum Gasteiger partial charge on any atom is -0.455 e. The number of hydrogen-bond donors (Lipinski definition) is 0. The van der Waals surface area contributed by atoms with Gasteiger partial charge in [0.25, 0.3) is 0 Å². The first-order chi connectivity index (χ1) is 17.2. The van der Waals surface area contributed by atoms with E-state index in [2.05, 4.69) is 77.4 Å². The maximum Gasteiger partial charge on any atom is 0.145 e. The zero-order valence-electron chi connectivity index (χ0n) is 19.1. The molecule has 2 aromatic heterocycles. The van der Waals surface area contributed by atoms with Crippen LogP contribution in [0.25, 0.3) is 60.6 Å². The van der Waals surface area contributed by atoms with Crippen LogP contribution in [0.4, 0.5) is 0 Å². The maximum absolute atomic E-state index is 9.96. The summed E-state index contributed by atoms with van der Waals surface area (Å²) in [6.07, 6.45) is 0. The van der Waals surface area contributed by atoms with Crippen molar-refractivity contribution in [3.05, 3.63) is 114 Å². The molecule has 0 fully saturated rings. The lowest BCUT2D eigenvalue weighted by Gasteiger charge is -2.11. The Morgan fingerprint density at radius 1 is 0.686 bits per heavy atom. The summed E-state index contributed by atoms with van der Waals surface area (Å²) in [6.45, 7) is 2.01. The Bertz CT molecular complexity index is 1970. The van der Waals surface area contributed by atoms with Gasteiger partial charge in [0.2, 0.25) is 0 Å². The van der Waals surface area contributed by atoms with Gasteiger partial charge in [0.05, 0.1) is 27.7 Å². The van der Waals surface area contributed by atoms with Crippen molar-refractivity contribution >= 4 is 43.7 Å². The van der Waals surface area contributed by atoms with Gasteiger partial charge in [-0.15, -0.1) is 0 Å². The normalized spacial score (nSPS) is 11.5. The highest BCUT2D eigenvalue weighted by atomic mass is 16.3. The molecule has 0 aliphatic heterocycles. The van der Waals surface area contributed by atoms with E-state index < -0.39 is 0 Å². The summed E-state index contributed by atoms with van der Waals surface area (Å²) in [6, 6.07) is 37.9. The molecule has 0 spiro atoms. The Labute approximate surface area is 202 Å². The van der Waals surface area contributed by atoms with Crippen LogP contribution in [0.3, 0.4) is 0 Å². The third-order valence-electron chi connectivity index (χ3n) is 6.89. The fourth-order valence-electron chi connectivity index (χ4n) is 5.29. The molecule has 35 heavy (non-hydrogen) atoms. The van der Waals surface area contributed by atoms with Crippen molar-refractivity contribution in [2.24, 2.45) is 0 Å². The highest BCUT2D eigenvalue weighted by molar-refractivity contribution is 6.24. The molecule has 0 N–H and O–H groups in total. The van der Waals surface area contributed by atoms with E-state index in [0.29, 0.717) is 5.56 Å². The van der Waals surface area contributed by atoms with E-state index in [-0.39, 0.29) is 0 Å². The monoisotopic (exact) mass is 448 g/mol. The molecule has 164 valence electrons. The smallest absolute Gasteiger partial charge is 0.145 e. The van der Waals surface area contributed by atoms with E-state index in [1.54, 1.807) is 0 Å². The van der Waals surface area contributed by atoms with E-state index >= 15 is 0 Å². The van der Waals surface area contributed by atoms with Gasteiger partial charge in [0.15, 0.2) is 0 Å². The lowest BCUT2D eigenvalue weighted by atomic mass is 10.0. The first-order valence-electron chi connectivity index (χ1n) is 11.7. The third-order valence-corrected chi connectivity index (χ3v) is 6.89. The Morgan fingerprint density at radius 3 is 2.34 bits per heavy atom. The minimum absolute atomic E-state index is 0.653. The highest BCUT2D eigenvalue weighted by Crippen LogP contribution is 2.42. The van der Waals surface area contributed by atoms with Crippen molar-refractivity contribution in [2.75, 3.05) is 0 Å². The summed E-state index contributed by atoms with van der Waals surface area (Å²) in [5.74, 6) is 0. The number of aromatic nitrogens is 1. The van der Waals surface area contributed by atoms with E-state index in [4.69, 9.17) is 4.42 Å². The lowest BCUT2D eigenvalue weighted by molar-refractivity contribution is 0.673. The maximum atomic E-state index is 9.96. The number of rotatable bonds is 2. The van der Waals surface area contributed by atoms with Gasteiger partial charge in [-0.1, -0.05) is 60.7 Å². The molecule has 0 aliphatic carbocycles. The van der Waals surface area contributed by atoms with Crippen molar-refractivity contribution in [3.8, 4) is 22.9 Å². The molecule has 0 aliphatic rings. The Hall–Kier alpha value is -4.81. The van der Waals surface area contributed by atoms with Crippen LogP contribution in [-0.4, -0.2) is 4.57 Å². The molecular weight excluding hydrogens is 428 g/mol. The predicted molar refractivity (Wildman–Crippen MR) is 143 cm³/mol. The second-order valence-electron chi connectivity index (χ2n) is 9.00. The van der Waals surface area contributed by atoms with Crippen LogP contribution in [0.15, 0.2) is 108 Å². The summed E-state index contributed by atoms with van der Waals surface area (Å²) in [5, 5.41) is 14.3. The van der Waals surface area contributed by atoms with Crippen molar-refractivity contribution in [1.82, 2.24) is 4.57 Å². The topological polar surface area (TPSA) is 41.9 Å². The summed E-state index contributed by atoms with van der Waals surface area (Å²) in [7, 11) is 0. The van der Waals surface area contributed by atoms with Gasteiger partial charge in [0, 0.05) is 16.2 Å². The molecule has 0 unspecified atom stereocenters. The van der Waals surface area contributed by atoms with Crippen LogP contribution >= 0.6 is 0 Å². The number of aryl methyl sites for hydroxylation is 1. The molecule has 7 rings (SSSR count). The largest absolute Gasteiger partial charge is 0.455 e. The van der Waals surface area contributed by atoms with Crippen molar-refractivity contribution < 1.29 is 4.42 Å². The first-order valence-corrected chi connectivity index (χ1v) is 11.7. The number of nitrogens with zero attached hydrogens (tertiary/aromatic N) is 2. The molecule has 5 aromatic carbocycles. The second-order valence-corrected chi connectivity index (χ2v) is 9.00. The molecule has 0 saturated carbocycles. The Balaban J connectivity index is 1.68. The SMILES string of the molecule is Cc1ccc(-n2c3ccc(-c4ccccc4)cc3c3c4oc5ccccc5c4ccc32)c(C#N)c1. The zero-order valence-corrected chi connectivity index (χ0v) is 19.1. The molecule has 0 atom stereocenters. The number of fused-ring (bicyclic) bond motifs is 7. The van der Waals surface area contributed by atoms with Gasteiger partial charge in [-0.25, -0.2) is 0 Å². The van der Waals surface area contributed by atoms with Crippen molar-refractivity contribution in [3.63, 3.8) is 0 Å². The molecular formula is C32H20N2O. The van der Waals surface area contributed by atoms with Crippen LogP contribution in [-0.2, 0) is 0 Å². The average molecular weight is 449 g/mol. The van der Waals surface area contributed by atoms with Crippen molar-refractivity contribution in [2.45, 2.75) is 6.92 Å². The first kappa shape index (κ1) is 19.6. The number of furan rings is 1. The zero-order chi connectivity index (χ0) is 23.5. The number of nitriles is 1. The van der Waals surface area contributed by atoms with E-state index in [0.717, 1.165) is 60.6 Å². The standard InChI is InChI=1S/C32H20N2O/c1-20-11-14-27(23(17-20)19-33)34-28-15-12-22(21-7-3-2-4-8-21)18-26(28)31-29(34)16-13-25-24-9-5-6-10-30(24)35-32(25)31/h2-18H,1H3. The summed E-state index contributed by atoms with van der Waals surface area (Å²) in [4.78, 5) is 0. The fourth-order valence-corrected chi connectivity index (χ4v) is 5.29.